The molecule has 0 aliphatic rings. The van der Waals surface area contributed by atoms with Gasteiger partial charge in [-0.3, -0.25) is 0 Å². The van der Waals surface area contributed by atoms with Crippen molar-refractivity contribution in [2.75, 3.05) is 0 Å². The molecule has 0 saturated carbocycles. The molecule has 1 rings (SSSR count). The van der Waals surface area contributed by atoms with Crippen molar-refractivity contribution in [3.05, 3.63) is 23.8 Å². The fourth-order valence-corrected chi connectivity index (χ4v) is 1.76. The van der Waals surface area contributed by atoms with Crippen LogP contribution >= 0.6 is 0 Å². The number of hydrogen-bond donors (Lipinski definition) is 1. The van der Waals surface area contributed by atoms with E-state index in [9.17, 15) is 17.2 Å². The van der Waals surface area contributed by atoms with E-state index in [1.54, 1.807) is 0 Å². The van der Waals surface area contributed by atoms with Gasteiger partial charge in [-0.05, 0) is 0 Å². The molecule has 8 heteroatoms. The zero-order valence-corrected chi connectivity index (χ0v) is 10.9. The molecular formula is C6H3F2KO4S. The maximum atomic E-state index is 12.9. The Labute approximate surface area is 113 Å². The van der Waals surface area contributed by atoms with Gasteiger partial charge in [0.1, 0.15) is 0 Å². The predicted molar refractivity (Wildman–Crippen MR) is 43.9 cm³/mol. The van der Waals surface area contributed by atoms with E-state index in [0.717, 1.165) is 6.07 Å². The zero-order chi connectivity index (χ0) is 10.9. The van der Waals surface area contributed by atoms with E-state index >= 15 is 0 Å². The summed E-state index contributed by atoms with van der Waals surface area (Å²) in [6.07, 6.45) is 0. The Morgan fingerprint density at radius 1 is 1.29 bits per heavy atom. The molecular weight excluding hydrogens is 245 g/mol. The number of halogens is 2. The molecule has 0 saturated heterocycles. The van der Waals surface area contributed by atoms with Crippen LogP contribution in [0.5, 0.6) is 5.75 Å². The fourth-order valence-electron chi connectivity index (χ4n) is 0.806. The summed E-state index contributed by atoms with van der Waals surface area (Å²) in [5.41, 5.74) is 0. The molecule has 0 amide bonds. The number of benzene rings is 1. The molecule has 4 nitrogen and oxygen atoms in total. The predicted octanol–water partition coefficient (Wildman–Crippen LogP) is -0.0598. The van der Waals surface area contributed by atoms with Gasteiger partial charge in [-0.1, -0.05) is 0 Å². The van der Waals surface area contributed by atoms with E-state index in [1.807, 2.05) is 0 Å². The van der Waals surface area contributed by atoms with Gasteiger partial charge >= 0.3 is 114 Å². The van der Waals surface area contributed by atoms with Crippen molar-refractivity contribution in [2.24, 2.45) is 0 Å². The first-order valence-corrected chi connectivity index (χ1v) is 6.35. The molecule has 0 spiro atoms. The molecule has 0 heterocycles. The van der Waals surface area contributed by atoms with Crippen molar-refractivity contribution >= 4 is 59.0 Å². The van der Waals surface area contributed by atoms with Crippen LogP contribution in [0.1, 0.15) is 0 Å². The van der Waals surface area contributed by atoms with Gasteiger partial charge in [0, 0.05) is 0 Å². The summed E-state index contributed by atoms with van der Waals surface area (Å²) in [5.74, 6) is -3.39. The van der Waals surface area contributed by atoms with E-state index in [0.29, 0.717) is 0 Å². The second-order valence-electron chi connectivity index (χ2n) is 2.52. The third kappa shape index (κ3) is 3.23. The van der Waals surface area contributed by atoms with Crippen molar-refractivity contribution in [3.63, 3.8) is 0 Å². The van der Waals surface area contributed by atoms with Gasteiger partial charge in [-0.15, -0.1) is 0 Å². The van der Waals surface area contributed by atoms with Gasteiger partial charge in [0.15, 0.2) is 0 Å². The fraction of sp³-hybridized carbons (Fsp3) is 0. The first-order valence-electron chi connectivity index (χ1n) is 3.43. The monoisotopic (exact) mass is 248 g/mol. The second-order valence-corrected chi connectivity index (χ2v) is 5.22. The van der Waals surface area contributed by atoms with Crippen LogP contribution in [0.15, 0.2) is 12.1 Å². The van der Waals surface area contributed by atoms with Crippen molar-refractivity contribution in [3.8, 4) is 5.75 Å². The summed E-state index contributed by atoms with van der Waals surface area (Å²) < 4.78 is 58.5. The molecule has 0 bridgehead atoms. The topological polar surface area (TPSA) is 63.6 Å². The third-order valence-electron chi connectivity index (χ3n) is 1.44. The molecule has 0 fully saturated rings. The molecule has 0 aromatic heterocycles. The van der Waals surface area contributed by atoms with Crippen LogP contribution in [-0.4, -0.2) is 61.9 Å². The van der Waals surface area contributed by atoms with Gasteiger partial charge in [0.2, 0.25) is 0 Å². The molecule has 0 atom stereocenters. The number of rotatable bonds is 2. The van der Waals surface area contributed by atoms with E-state index in [-0.39, 0.29) is 48.6 Å². The second kappa shape index (κ2) is 4.52. The van der Waals surface area contributed by atoms with E-state index in [4.69, 9.17) is 4.55 Å². The van der Waals surface area contributed by atoms with Crippen molar-refractivity contribution in [1.82, 2.24) is 0 Å². The normalized spacial score (nSPS) is 11.5. The van der Waals surface area contributed by atoms with Gasteiger partial charge < -0.3 is 0 Å². The van der Waals surface area contributed by atoms with Crippen molar-refractivity contribution < 1.29 is 25.9 Å². The molecule has 0 radical (unpaired) electrons. The van der Waals surface area contributed by atoms with Crippen LogP contribution in [0.4, 0.5) is 8.78 Å². The van der Waals surface area contributed by atoms with Crippen LogP contribution in [0, 0.1) is 11.6 Å². The molecule has 1 N–H and O–H groups in total. The number of hydrogen-bond acceptors (Lipinski definition) is 3. The summed E-state index contributed by atoms with van der Waals surface area (Å²) in [6, 6.07) is 2.16. The Balaban J connectivity index is 3.19. The third-order valence-corrected chi connectivity index (χ3v) is 3.03. The molecule has 1 aromatic carbocycles. The maximum absolute atomic E-state index is 12.9. The molecule has 1 aromatic rings. The van der Waals surface area contributed by atoms with Crippen LogP contribution < -0.4 is 3.84 Å². The van der Waals surface area contributed by atoms with E-state index in [1.165, 1.54) is 6.07 Å². The van der Waals surface area contributed by atoms with Gasteiger partial charge in [0.05, 0.1) is 0 Å². The Morgan fingerprint density at radius 2 is 1.86 bits per heavy atom. The molecule has 0 aliphatic carbocycles. The van der Waals surface area contributed by atoms with Crippen LogP contribution in [0.2, 0.25) is 0 Å². The van der Waals surface area contributed by atoms with E-state index in [2.05, 4.69) is 4.18 Å². The minimum atomic E-state index is -4.82. The summed E-state index contributed by atoms with van der Waals surface area (Å²) in [4.78, 5) is 0. The Hall–Kier alpha value is 0.426. The summed E-state index contributed by atoms with van der Waals surface area (Å²) in [5, 5.41) is 0. The SMILES string of the molecule is O=S(=O)(O)Oc1cc[c]([K])c(F)c1F. The van der Waals surface area contributed by atoms with Crippen molar-refractivity contribution in [2.45, 2.75) is 0 Å². The standard InChI is InChI=1S/C6H3F2O4S.K/c7-4-2-1-3-5(6(4)8)12-13(9,10)11;/h1,3H,(H,9,10,11);. The Morgan fingerprint density at radius 3 is 2.36 bits per heavy atom. The molecule has 72 valence electrons. The summed E-state index contributed by atoms with van der Waals surface area (Å²) in [6.45, 7) is 0. The first-order chi connectivity index (χ1) is 6.31. The van der Waals surface area contributed by atoms with Crippen LogP contribution in [-0.2, 0) is 10.4 Å². The average molecular weight is 248 g/mol. The van der Waals surface area contributed by atoms with Crippen LogP contribution in [0.3, 0.4) is 0 Å². The minimum absolute atomic E-state index is 0.0749. The van der Waals surface area contributed by atoms with Crippen molar-refractivity contribution in [1.29, 1.82) is 0 Å². The Kier molecular flexibility index (Phi) is 4.03. The molecule has 0 aliphatic heterocycles. The van der Waals surface area contributed by atoms with Gasteiger partial charge in [-0.25, -0.2) is 0 Å². The summed E-state index contributed by atoms with van der Waals surface area (Å²) in [7, 11) is -4.82. The van der Waals surface area contributed by atoms with Crippen LogP contribution in [0.25, 0.3) is 0 Å². The average Bonchev–Trinajstić information content (AvgIpc) is 2.04. The quantitative estimate of drug-likeness (QED) is 0.588. The van der Waals surface area contributed by atoms with E-state index < -0.39 is 27.8 Å². The summed E-state index contributed by atoms with van der Waals surface area (Å²) >= 11 is -0.0749. The molecule has 14 heavy (non-hydrogen) atoms. The van der Waals surface area contributed by atoms with Gasteiger partial charge in [0.25, 0.3) is 0 Å². The Bertz CT molecular complexity index is 459. The molecule has 0 unspecified atom stereocenters. The zero-order valence-electron chi connectivity index (χ0n) is 6.99. The first kappa shape index (κ1) is 12.5. The van der Waals surface area contributed by atoms with Gasteiger partial charge in [-0.2, -0.15) is 0 Å².